The monoisotopic (exact) mass is 438 g/mol. The largest absolute Gasteiger partial charge is 0.393 e. The average Bonchev–Trinajstić information content (AvgIpc) is 2.71. The topological polar surface area (TPSA) is 52.6 Å². The number of rotatable bonds is 20. The summed E-state index contributed by atoms with van der Waals surface area (Å²) in [6.07, 6.45) is 19.4. The second kappa shape index (κ2) is 19.8. The maximum absolute atomic E-state index is 12.4. The predicted molar refractivity (Wildman–Crippen MR) is 135 cm³/mol. The van der Waals surface area contributed by atoms with Gasteiger partial charge >= 0.3 is 0 Å². The van der Waals surface area contributed by atoms with E-state index in [4.69, 9.17) is 0 Å². The zero-order valence-corrected chi connectivity index (χ0v) is 21.7. The maximum atomic E-state index is 12.4. The smallest absolute Gasteiger partial charge is 0.221 e. The van der Waals surface area contributed by atoms with E-state index in [2.05, 4.69) is 63.9 Å². The van der Waals surface area contributed by atoms with Gasteiger partial charge in [-0.05, 0) is 66.2 Å². The van der Waals surface area contributed by atoms with Crippen molar-refractivity contribution in [3.63, 3.8) is 0 Å². The van der Waals surface area contributed by atoms with Crippen molar-refractivity contribution >= 4 is 5.91 Å². The van der Waals surface area contributed by atoms with Crippen LogP contribution in [0.1, 0.15) is 131 Å². The number of allylic oxidation sites excluding steroid dienone is 1. The highest BCUT2D eigenvalue weighted by Gasteiger charge is 2.23. The Balaban J connectivity index is 3.76. The molecule has 31 heavy (non-hydrogen) atoms. The van der Waals surface area contributed by atoms with Crippen molar-refractivity contribution in [3.8, 4) is 0 Å². The molecule has 2 N–H and O–H groups in total. The first-order valence-electron chi connectivity index (χ1n) is 13.2. The van der Waals surface area contributed by atoms with Crippen LogP contribution in [0.2, 0.25) is 0 Å². The molecule has 0 spiro atoms. The molecule has 4 nitrogen and oxygen atoms in total. The van der Waals surface area contributed by atoms with Gasteiger partial charge in [-0.15, -0.1) is 0 Å². The molecule has 0 aromatic heterocycles. The molecule has 0 heterocycles. The molecular formula is C27H54N2O2. The van der Waals surface area contributed by atoms with E-state index in [0.29, 0.717) is 18.5 Å². The van der Waals surface area contributed by atoms with Gasteiger partial charge < -0.3 is 10.4 Å². The summed E-state index contributed by atoms with van der Waals surface area (Å²) in [5.74, 6) is 0.189. The van der Waals surface area contributed by atoms with E-state index in [1.54, 1.807) is 0 Å². The highest BCUT2D eigenvalue weighted by atomic mass is 16.3. The van der Waals surface area contributed by atoms with E-state index in [1.807, 2.05) is 0 Å². The number of nitrogens with zero attached hydrogens (tertiary/aromatic N) is 1. The van der Waals surface area contributed by atoms with Gasteiger partial charge in [0.05, 0.1) is 12.3 Å². The van der Waals surface area contributed by atoms with E-state index < -0.39 is 0 Å². The van der Waals surface area contributed by atoms with Gasteiger partial charge in [-0.25, -0.2) is 0 Å². The number of aliphatic hydroxyl groups is 1. The summed E-state index contributed by atoms with van der Waals surface area (Å²) in [5, 5.41) is 13.2. The van der Waals surface area contributed by atoms with Crippen LogP contribution in [-0.2, 0) is 4.79 Å². The normalized spacial score (nSPS) is 14.1. The zero-order chi connectivity index (χ0) is 23.5. The SMILES string of the molecule is CCCCCC[C@@H](O)C/C=C\CCCCCCCC(=O)NC(CC)N(C(C)C)C(C)C. The van der Waals surface area contributed by atoms with Crippen molar-refractivity contribution < 1.29 is 9.90 Å². The van der Waals surface area contributed by atoms with Gasteiger partial charge in [0, 0.05) is 18.5 Å². The second-order valence-corrected chi connectivity index (χ2v) is 9.64. The first kappa shape index (κ1) is 30.1. The van der Waals surface area contributed by atoms with E-state index >= 15 is 0 Å². The molecule has 2 atom stereocenters. The Hall–Kier alpha value is -0.870. The van der Waals surface area contributed by atoms with Crippen molar-refractivity contribution in [3.05, 3.63) is 12.2 Å². The lowest BCUT2D eigenvalue weighted by molar-refractivity contribution is -0.123. The number of amides is 1. The van der Waals surface area contributed by atoms with Crippen LogP contribution in [0.4, 0.5) is 0 Å². The van der Waals surface area contributed by atoms with E-state index in [0.717, 1.165) is 44.9 Å². The molecule has 1 unspecified atom stereocenters. The van der Waals surface area contributed by atoms with Gasteiger partial charge in [0.1, 0.15) is 0 Å². The molecule has 0 aliphatic heterocycles. The Morgan fingerprint density at radius 1 is 0.871 bits per heavy atom. The average molecular weight is 439 g/mol. The van der Waals surface area contributed by atoms with Crippen LogP contribution in [0.5, 0.6) is 0 Å². The number of carbonyl (C=O) groups excluding carboxylic acids is 1. The van der Waals surface area contributed by atoms with Crippen molar-refractivity contribution in [1.82, 2.24) is 10.2 Å². The molecule has 0 rings (SSSR count). The fourth-order valence-corrected chi connectivity index (χ4v) is 4.34. The van der Waals surface area contributed by atoms with Crippen molar-refractivity contribution in [2.24, 2.45) is 0 Å². The summed E-state index contributed by atoms with van der Waals surface area (Å²) in [5.41, 5.74) is 0. The Morgan fingerprint density at radius 2 is 1.48 bits per heavy atom. The predicted octanol–water partition coefficient (Wildman–Crippen LogP) is 6.97. The van der Waals surface area contributed by atoms with Crippen molar-refractivity contribution in [2.75, 3.05) is 0 Å². The first-order chi connectivity index (χ1) is 14.8. The van der Waals surface area contributed by atoms with Gasteiger partial charge in [0.15, 0.2) is 0 Å². The minimum Gasteiger partial charge on any atom is -0.393 e. The van der Waals surface area contributed by atoms with Crippen LogP contribution in [0.25, 0.3) is 0 Å². The molecule has 0 saturated heterocycles. The highest BCUT2D eigenvalue weighted by Crippen LogP contribution is 2.13. The third-order valence-corrected chi connectivity index (χ3v) is 6.01. The molecule has 0 aliphatic rings. The van der Waals surface area contributed by atoms with Crippen molar-refractivity contribution in [1.29, 1.82) is 0 Å². The summed E-state index contributed by atoms with van der Waals surface area (Å²) in [6.45, 7) is 13.1. The van der Waals surface area contributed by atoms with E-state index in [-0.39, 0.29) is 18.2 Å². The van der Waals surface area contributed by atoms with Crippen LogP contribution in [0.3, 0.4) is 0 Å². The van der Waals surface area contributed by atoms with Gasteiger partial charge in [0.25, 0.3) is 0 Å². The molecular weight excluding hydrogens is 384 g/mol. The number of aliphatic hydroxyl groups excluding tert-OH is 1. The third-order valence-electron chi connectivity index (χ3n) is 6.01. The Kier molecular flexibility index (Phi) is 19.2. The number of unbranched alkanes of at least 4 members (excludes halogenated alkanes) is 8. The molecule has 0 bridgehead atoms. The lowest BCUT2D eigenvalue weighted by Gasteiger charge is -2.38. The molecule has 4 heteroatoms. The molecule has 0 aromatic carbocycles. The molecule has 0 radical (unpaired) electrons. The van der Waals surface area contributed by atoms with Crippen LogP contribution in [0, 0.1) is 0 Å². The van der Waals surface area contributed by atoms with Gasteiger partial charge in [-0.2, -0.15) is 0 Å². The van der Waals surface area contributed by atoms with Crippen LogP contribution >= 0.6 is 0 Å². The molecule has 0 aromatic rings. The second-order valence-electron chi connectivity index (χ2n) is 9.64. The summed E-state index contributed by atoms with van der Waals surface area (Å²) in [4.78, 5) is 14.7. The highest BCUT2D eigenvalue weighted by molar-refractivity contribution is 5.76. The quantitative estimate of drug-likeness (QED) is 0.123. The minimum atomic E-state index is -0.167. The van der Waals surface area contributed by atoms with Gasteiger partial charge in [-0.3, -0.25) is 9.69 Å². The Morgan fingerprint density at radius 3 is 2.10 bits per heavy atom. The first-order valence-corrected chi connectivity index (χ1v) is 13.2. The van der Waals surface area contributed by atoms with E-state index in [9.17, 15) is 9.90 Å². The number of carbonyl (C=O) groups is 1. The molecule has 0 saturated carbocycles. The lowest BCUT2D eigenvalue weighted by Crippen LogP contribution is -2.53. The molecule has 0 aliphatic carbocycles. The van der Waals surface area contributed by atoms with Crippen LogP contribution in [0.15, 0.2) is 12.2 Å². The number of nitrogens with one attached hydrogen (secondary N) is 1. The van der Waals surface area contributed by atoms with Crippen molar-refractivity contribution in [2.45, 2.75) is 156 Å². The summed E-state index contributed by atoms with van der Waals surface area (Å²) >= 11 is 0. The lowest BCUT2D eigenvalue weighted by atomic mass is 10.1. The third kappa shape index (κ3) is 16.4. The molecule has 184 valence electrons. The summed E-state index contributed by atoms with van der Waals surface area (Å²) < 4.78 is 0. The molecule has 1 amide bonds. The van der Waals surface area contributed by atoms with Crippen LogP contribution < -0.4 is 5.32 Å². The van der Waals surface area contributed by atoms with Gasteiger partial charge in [0.2, 0.25) is 5.91 Å². The minimum absolute atomic E-state index is 0.133. The summed E-state index contributed by atoms with van der Waals surface area (Å²) in [7, 11) is 0. The fourth-order valence-electron chi connectivity index (χ4n) is 4.34. The molecule has 0 fully saturated rings. The fraction of sp³-hybridized carbons (Fsp3) is 0.889. The summed E-state index contributed by atoms with van der Waals surface area (Å²) in [6, 6.07) is 0.849. The van der Waals surface area contributed by atoms with E-state index in [1.165, 1.54) is 38.5 Å². The number of hydrogen-bond donors (Lipinski definition) is 2. The Bertz CT molecular complexity index is 441. The standard InChI is InChI=1S/C27H54N2O2/c1-7-9-10-17-20-25(30)21-18-15-13-11-12-14-16-19-22-27(31)28-26(8-2)29(23(3)4)24(5)6/h15,18,23-26,30H,7-14,16-17,19-22H2,1-6H3,(H,28,31)/b18-15-/t25-,26?/m1/s1. The Labute approximate surface area is 194 Å². The van der Waals surface area contributed by atoms with Crippen LogP contribution in [-0.4, -0.2) is 40.3 Å². The number of hydrogen-bond acceptors (Lipinski definition) is 3. The van der Waals surface area contributed by atoms with Gasteiger partial charge in [-0.1, -0.05) is 70.9 Å². The zero-order valence-electron chi connectivity index (χ0n) is 21.7. The maximum Gasteiger partial charge on any atom is 0.221 e.